The first-order chi connectivity index (χ1) is 16.3. The van der Waals surface area contributed by atoms with Crippen molar-refractivity contribution in [3.63, 3.8) is 0 Å². The highest BCUT2D eigenvalue weighted by molar-refractivity contribution is 5.94. The molecule has 0 saturated heterocycles. The van der Waals surface area contributed by atoms with Crippen LogP contribution in [0.1, 0.15) is 67.2 Å². The number of carboxylic acids is 1. The van der Waals surface area contributed by atoms with E-state index in [-0.39, 0.29) is 36.7 Å². The lowest BCUT2D eigenvalue weighted by Crippen LogP contribution is -2.59. The molecule has 35 heavy (non-hydrogen) atoms. The van der Waals surface area contributed by atoms with Gasteiger partial charge in [-0.05, 0) is 30.6 Å². The molecule has 0 aromatic rings. The van der Waals surface area contributed by atoms with Gasteiger partial charge in [-0.25, -0.2) is 4.79 Å². The van der Waals surface area contributed by atoms with Crippen molar-refractivity contribution in [3.05, 3.63) is 0 Å². The number of nitrogens with two attached hydrogens (primary N) is 3. The number of aliphatic carboxylic acids is 1. The van der Waals surface area contributed by atoms with Crippen molar-refractivity contribution in [3.8, 4) is 0 Å². The molecule has 0 heterocycles. The molecule has 6 atom stereocenters. The van der Waals surface area contributed by atoms with Gasteiger partial charge in [0.1, 0.15) is 18.1 Å². The van der Waals surface area contributed by atoms with Gasteiger partial charge in [0.2, 0.25) is 17.7 Å². The lowest BCUT2D eigenvalue weighted by atomic mass is 9.96. The summed E-state index contributed by atoms with van der Waals surface area (Å²) in [5, 5.41) is 17.5. The highest BCUT2D eigenvalue weighted by Gasteiger charge is 2.33. The summed E-state index contributed by atoms with van der Waals surface area (Å²) in [6, 6.07) is -3.88. The number of amides is 3. The van der Waals surface area contributed by atoms with E-state index in [2.05, 4.69) is 20.9 Å². The normalized spacial score (nSPS) is 16.2. The number of hydrogen-bond acceptors (Lipinski definition) is 6. The predicted octanol–water partition coefficient (Wildman–Crippen LogP) is -0.345. The molecule has 0 radical (unpaired) electrons. The van der Waals surface area contributed by atoms with Crippen LogP contribution in [0.5, 0.6) is 0 Å². The van der Waals surface area contributed by atoms with Gasteiger partial charge in [0.25, 0.3) is 0 Å². The van der Waals surface area contributed by atoms with Crippen LogP contribution in [0.15, 0.2) is 4.99 Å². The molecule has 0 bridgehead atoms. The third-order valence-corrected chi connectivity index (χ3v) is 6.17. The van der Waals surface area contributed by atoms with E-state index < -0.39 is 47.9 Å². The summed E-state index contributed by atoms with van der Waals surface area (Å²) in [7, 11) is 0. The van der Waals surface area contributed by atoms with Crippen LogP contribution in [0.3, 0.4) is 0 Å². The van der Waals surface area contributed by atoms with Crippen LogP contribution in [0, 0.1) is 17.8 Å². The highest BCUT2D eigenvalue weighted by atomic mass is 16.4. The minimum atomic E-state index is -1.16. The number of nitrogens with one attached hydrogen (secondary N) is 3. The fourth-order valence-electron chi connectivity index (χ4n) is 3.22. The molecule has 0 spiro atoms. The van der Waals surface area contributed by atoms with E-state index in [1.54, 1.807) is 20.8 Å². The Labute approximate surface area is 208 Å². The van der Waals surface area contributed by atoms with Crippen molar-refractivity contribution in [2.75, 3.05) is 6.54 Å². The van der Waals surface area contributed by atoms with Gasteiger partial charge in [0.15, 0.2) is 5.96 Å². The number of hydrogen-bond donors (Lipinski definition) is 7. The van der Waals surface area contributed by atoms with Gasteiger partial charge in [-0.3, -0.25) is 19.4 Å². The first kappa shape index (κ1) is 32.1. The highest BCUT2D eigenvalue weighted by Crippen LogP contribution is 2.12. The van der Waals surface area contributed by atoms with Gasteiger partial charge in [0, 0.05) is 6.54 Å². The standard InChI is InChI=1S/C23H45N7O5/c1-7-13(5)17(29-20(32)16(24)12(3)4)21(33)28-15(10-9-11-27-23(25)26)19(31)30-18(22(34)35)14(6)8-2/h12-18H,7-11,24H2,1-6H3,(H,28,33)(H,29,32)(H,30,31)(H,34,35)(H4,25,26,27). The predicted molar refractivity (Wildman–Crippen MR) is 135 cm³/mol. The molecule has 0 aliphatic rings. The van der Waals surface area contributed by atoms with Crippen molar-refractivity contribution >= 4 is 29.7 Å². The Kier molecular flexibility index (Phi) is 14.6. The van der Waals surface area contributed by atoms with Gasteiger partial charge < -0.3 is 38.3 Å². The Bertz CT molecular complexity index is 740. The van der Waals surface area contributed by atoms with E-state index in [1.165, 1.54) is 0 Å². The largest absolute Gasteiger partial charge is 0.480 e. The van der Waals surface area contributed by atoms with E-state index in [4.69, 9.17) is 17.2 Å². The maximum Gasteiger partial charge on any atom is 0.326 e. The molecular weight excluding hydrogens is 454 g/mol. The number of rotatable bonds is 16. The minimum Gasteiger partial charge on any atom is -0.480 e. The average Bonchev–Trinajstić information content (AvgIpc) is 2.80. The Hall–Kier alpha value is -2.89. The summed E-state index contributed by atoms with van der Waals surface area (Å²) < 4.78 is 0. The van der Waals surface area contributed by atoms with Crippen molar-refractivity contribution < 1.29 is 24.3 Å². The first-order valence-corrected chi connectivity index (χ1v) is 12.2. The fraction of sp³-hybridized carbons (Fsp3) is 0.783. The zero-order valence-electron chi connectivity index (χ0n) is 21.8. The van der Waals surface area contributed by atoms with Crippen molar-refractivity contribution in [1.29, 1.82) is 0 Å². The number of carboxylic acid groups (broad SMARTS) is 1. The Morgan fingerprint density at radius 1 is 0.829 bits per heavy atom. The van der Waals surface area contributed by atoms with Crippen LogP contribution in [0.4, 0.5) is 0 Å². The summed E-state index contributed by atoms with van der Waals surface area (Å²) in [4.78, 5) is 54.4. The smallest absolute Gasteiger partial charge is 0.326 e. The van der Waals surface area contributed by atoms with Crippen LogP contribution in [-0.2, 0) is 19.2 Å². The third kappa shape index (κ3) is 11.4. The second kappa shape index (κ2) is 15.9. The molecule has 0 aliphatic carbocycles. The lowest BCUT2D eigenvalue weighted by Gasteiger charge is -2.29. The second-order valence-electron chi connectivity index (χ2n) is 9.36. The van der Waals surface area contributed by atoms with E-state index in [0.717, 1.165) is 0 Å². The third-order valence-electron chi connectivity index (χ3n) is 6.17. The minimum absolute atomic E-state index is 0.0983. The zero-order valence-corrected chi connectivity index (χ0v) is 21.8. The molecule has 3 amide bonds. The molecule has 6 unspecified atom stereocenters. The Morgan fingerprint density at radius 3 is 1.80 bits per heavy atom. The molecule has 12 heteroatoms. The van der Waals surface area contributed by atoms with Gasteiger partial charge in [0.05, 0.1) is 6.04 Å². The van der Waals surface area contributed by atoms with E-state index >= 15 is 0 Å². The molecule has 12 nitrogen and oxygen atoms in total. The maximum absolute atomic E-state index is 13.2. The molecular formula is C23H45N7O5. The molecule has 0 aromatic carbocycles. The summed E-state index contributed by atoms with van der Waals surface area (Å²) in [5.74, 6) is -3.60. The number of nitrogens with zero attached hydrogens (tertiary/aromatic N) is 1. The number of carbonyl (C=O) groups is 4. The van der Waals surface area contributed by atoms with Crippen LogP contribution in [0.25, 0.3) is 0 Å². The lowest BCUT2D eigenvalue weighted by molar-refractivity contribution is -0.144. The SMILES string of the molecule is CCC(C)C(NC(=O)C(CCCN=C(N)N)NC(=O)C(NC(=O)C(N)C(C)C)C(C)CC)C(=O)O. The molecule has 0 fully saturated rings. The average molecular weight is 500 g/mol. The van der Waals surface area contributed by atoms with E-state index in [1.807, 2.05) is 20.8 Å². The zero-order chi connectivity index (χ0) is 27.3. The van der Waals surface area contributed by atoms with Gasteiger partial charge in [-0.2, -0.15) is 0 Å². The molecule has 202 valence electrons. The Balaban J connectivity index is 5.74. The number of aliphatic imine (C=N–C) groups is 1. The summed E-state index contributed by atoms with van der Waals surface area (Å²) in [5.41, 5.74) is 16.6. The maximum atomic E-state index is 13.2. The summed E-state index contributed by atoms with van der Waals surface area (Å²) in [6.45, 7) is 11.1. The molecule has 0 saturated carbocycles. The number of carbonyl (C=O) groups excluding carboxylic acids is 3. The number of guanidine groups is 1. The van der Waals surface area contributed by atoms with Crippen LogP contribution >= 0.6 is 0 Å². The van der Waals surface area contributed by atoms with Crippen LogP contribution in [0.2, 0.25) is 0 Å². The molecule has 10 N–H and O–H groups in total. The van der Waals surface area contributed by atoms with Gasteiger partial charge in [-0.15, -0.1) is 0 Å². The molecule has 0 rings (SSSR count). The first-order valence-electron chi connectivity index (χ1n) is 12.2. The van der Waals surface area contributed by atoms with Crippen LogP contribution < -0.4 is 33.2 Å². The molecule has 0 aliphatic heterocycles. The monoisotopic (exact) mass is 499 g/mol. The van der Waals surface area contributed by atoms with Crippen molar-refractivity contribution in [2.24, 2.45) is 39.9 Å². The Morgan fingerprint density at radius 2 is 1.34 bits per heavy atom. The van der Waals surface area contributed by atoms with E-state index in [9.17, 15) is 24.3 Å². The quantitative estimate of drug-likeness (QED) is 0.0844. The molecule has 0 aromatic heterocycles. The van der Waals surface area contributed by atoms with Crippen LogP contribution in [-0.4, -0.2) is 65.5 Å². The summed E-state index contributed by atoms with van der Waals surface area (Å²) in [6.07, 6.45) is 1.65. The van der Waals surface area contributed by atoms with Crippen molar-refractivity contribution in [1.82, 2.24) is 16.0 Å². The van der Waals surface area contributed by atoms with Crippen molar-refractivity contribution in [2.45, 2.75) is 91.4 Å². The van der Waals surface area contributed by atoms with Gasteiger partial charge >= 0.3 is 5.97 Å². The topological polar surface area (TPSA) is 215 Å². The fourth-order valence-corrected chi connectivity index (χ4v) is 3.22. The van der Waals surface area contributed by atoms with Gasteiger partial charge in [-0.1, -0.05) is 54.4 Å². The summed E-state index contributed by atoms with van der Waals surface area (Å²) >= 11 is 0. The second-order valence-corrected chi connectivity index (χ2v) is 9.36. The van der Waals surface area contributed by atoms with E-state index in [0.29, 0.717) is 19.3 Å².